The predicted molar refractivity (Wildman–Crippen MR) is 107 cm³/mol. The number of imidazole rings is 1. The molecule has 0 spiro atoms. The van der Waals surface area contributed by atoms with E-state index >= 15 is 0 Å². The Kier molecular flexibility index (Phi) is 4.46. The van der Waals surface area contributed by atoms with Crippen LogP contribution in [0.2, 0.25) is 0 Å². The van der Waals surface area contributed by atoms with Crippen LogP contribution in [0.25, 0.3) is 17.0 Å². The third-order valence-corrected chi connectivity index (χ3v) is 5.72. The van der Waals surface area contributed by atoms with Crippen molar-refractivity contribution in [3.63, 3.8) is 0 Å². The molecule has 152 valence electrons. The molecule has 2 aliphatic rings. The minimum absolute atomic E-state index is 0.0686. The summed E-state index contributed by atoms with van der Waals surface area (Å²) in [5, 5.41) is 20.8. The Hall–Kier alpha value is -2.94. The fourth-order valence-corrected chi connectivity index (χ4v) is 4.06. The Balaban J connectivity index is 1.39. The highest BCUT2D eigenvalue weighted by Gasteiger charge is 2.35. The lowest BCUT2D eigenvalue weighted by molar-refractivity contribution is 0.0852. The number of urea groups is 1. The summed E-state index contributed by atoms with van der Waals surface area (Å²) in [6, 6.07) is 7.61. The van der Waals surface area contributed by atoms with Crippen molar-refractivity contribution in [2.45, 2.75) is 63.1 Å². The van der Waals surface area contributed by atoms with Gasteiger partial charge >= 0.3 is 6.03 Å². The topological polar surface area (TPSA) is 121 Å². The van der Waals surface area contributed by atoms with E-state index in [9.17, 15) is 9.90 Å². The largest absolute Gasteiger partial charge is 0.391 e. The molecule has 0 aliphatic heterocycles. The van der Waals surface area contributed by atoms with Crippen molar-refractivity contribution in [1.29, 1.82) is 0 Å². The Morgan fingerprint density at radius 3 is 2.79 bits per heavy atom. The second-order valence-corrected chi connectivity index (χ2v) is 8.08. The second kappa shape index (κ2) is 7.14. The van der Waals surface area contributed by atoms with E-state index in [1.165, 1.54) is 0 Å². The molecule has 0 bridgehead atoms. The van der Waals surface area contributed by atoms with Gasteiger partial charge in [-0.1, -0.05) is 12.1 Å². The molecule has 2 aliphatic carbocycles. The van der Waals surface area contributed by atoms with E-state index in [0.717, 1.165) is 36.1 Å². The monoisotopic (exact) mass is 395 g/mol. The van der Waals surface area contributed by atoms with Crippen LogP contribution >= 0.6 is 0 Å². The molecular weight excluding hydrogens is 370 g/mol. The zero-order chi connectivity index (χ0) is 20.0. The number of hydrogen-bond acceptors (Lipinski definition) is 5. The molecule has 3 aromatic rings. The normalized spacial score (nSPS) is 24.6. The van der Waals surface area contributed by atoms with Crippen LogP contribution in [0.15, 0.2) is 24.3 Å². The maximum Gasteiger partial charge on any atom is 0.315 e. The molecule has 2 fully saturated rings. The molecule has 1 aromatic carbocycles. The predicted octanol–water partition coefficient (Wildman–Crippen LogP) is 1.91. The van der Waals surface area contributed by atoms with Crippen LogP contribution in [-0.4, -0.2) is 54.1 Å². The first kappa shape index (κ1) is 18.1. The van der Waals surface area contributed by atoms with Crippen LogP contribution in [0.3, 0.4) is 0 Å². The number of benzene rings is 1. The number of aliphatic hydroxyl groups is 1. The lowest BCUT2D eigenvalue weighted by Gasteiger charge is -2.33. The molecule has 9 nitrogen and oxygen atoms in total. The molecule has 4 N–H and O–H groups in total. The van der Waals surface area contributed by atoms with Crippen LogP contribution in [-0.2, 0) is 0 Å². The third kappa shape index (κ3) is 3.69. The minimum atomic E-state index is -0.556. The summed E-state index contributed by atoms with van der Waals surface area (Å²) in [4.78, 5) is 24.8. The molecule has 29 heavy (non-hydrogen) atoms. The van der Waals surface area contributed by atoms with Crippen LogP contribution < -0.4 is 10.6 Å². The van der Waals surface area contributed by atoms with Crippen molar-refractivity contribution in [1.82, 2.24) is 35.4 Å². The maximum absolute atomic E-state index is 12.2. The first-order chi connectivity index (χ1) is 14.1. The number of amides is 2. The fraction of sp³-hybridized carbons (Fsp3) is 0.500. The molecule has 3 atom stereocenters. The molecule has 5 rings (SSSR count). The molecule has 2 aromatic heterocycles. The maximum atomic E-state index is 12.2. The number of rotatable bonds is 4. The van der Waals surface area contributed by atoms with Gasteiger partial charge in [0.2, 0.25) is 5.95 Å². The Bertz CT molecular complexity index is 1010. The number of H-pyrrole nitrogens is 1. The van der Waals surface area contributed by atoms with Crippen LogP contribution in [0.4, 0.5) is 4.79 Å². The lowest BCUT2D eigenvalue weighted by Crippen LogP contribution is -2.50. The van der Waals surface area contributed by atoms with E-state index in [1.807, 2.05) is 31.2 Å². The number of carbonyl (C=O) groups excluding carboxylic acids is 1. The van der Waals surface area contributed by atoms with E-state index < -0.39 is 6.10 Å². The molecule has 0 unspecified atom stereocenters. The van der Waals surface area contributed by atoms with Crippen molar-refractivity contribution in [2.24, 2.45) is 0 Å². The van der Waals surface area contributed by atoms with E-state index in [4.69, 9.17) is 0 Å². The zero-order valence-corrected chi connectivity index (χ0v) is 16.3. The second-order valence-electron chi connectivity index (χ2n) is 8.08. The summed E-state index contributed by atoms with van der Waals surface area (Å²) in [5.74, 6) is 2.17. The van der Waals surface area contributed by atoms with Gasteiger partial charge in [-0.05, 0) is 51.2 Å². The highest BCUT2D eigenvalue weighted by molar-refractivity contribution is 5.76. The Morgan fingerprint density at radius 2 is 2.00 bits per heavy atom. The van der Waals surface area contributed by atoms with Gasteiger partial charge in [0.1, 0.15) is 11.6 Å². The fourth-order valence-electron chi connectivity index (χ4n) is 4.06. The minimum Gasteiger partial charge on any atom is -0.391 e. The van der Waals surface area contributed by atoms with Gasteiger partial charge in [-0.3, -0.25) is 0 Å². The zero-order valence-electron chi connectivity index (χ0n) is 16.3. The molecule has 2 saturated carbocycles. The molecule has 2 amide bonds. The number of carbonyl (C=O) groups is 1. The quantitative estimate of drug-likeness (QED) is 0.538. The number of para-hydroxylation sites is 2. The number of aromatic nitrogens is 5. The first-order valence-electron chi connectivity index (χ1n) is 10.2. The Labute approximate surface area is 167 Å². The van der Waals surface area contributed by atoms with Crippen LogP contribution in [0, 0.1) is 6.92 Å². The summed E-state index contributed by atoms with van der Waals surface area (Å²) in [6.45, 7) is 1.86. The van der Waals surface area contributed by atoms with E-state index in [-0.39, 0.29) is 24.0 Å². The number of nitrogens with zero attached hydrogens (tertiary/aromatic N) is 4. The number of aryl methyl sites for hydroxylation is 1. The molecular formula is C20H25N7O2. The molecule has 0 radical (unpaired) electrons. The van der Waals surface area contributed by atoms with E-state index in [2.05, 4.69) is 30.7 Å². The van der Waals surface area contributed by atoms with Crippen molar-refractivity contribution in [3.8, 4) is 5.95 Å². The SMILES string of the molecule is Cc1nc([C@H]2CC[C@@H](O)[C@H](NC(=O)NC3CC3)C2)n(-c2nc3ccccc3[nH]2)n1. The van der Waals surface area contributed by atoms with Gasteiger partial charge in [-0.2, -0.15) is 4.68 Å². The van der Waals surface area contributed by atoms with E-state index in [1.54, 1.807) is 4.68 Å². The summed E-state index contributed by atoms with van der Waals surface area (Å²) in [6.07, 6.45) is 3.50. The third-order valence-electron chi connectivity index (χ3n) is 5.72. The van der Waals surface area contributed by atoms with Crippen LogP contribution in [0.1, 0.15) is 49.7 Å². The van der Waals surface area contributed by atoms with Crippen molar-refractivity contribution in [3.05, 3.63) is 35.9 Å². The first-order valence-corrected chi connectivity index (χ1v) is 10.2. The highest BCUT2D eigenvalue weighted by atomic mass is 16.3. The molecule has 9 heteroatoms. The van der Waals surface area contributed by atoms with Crippen molar-refractivity contribution >= 4 is 17.1 Å². The molecule has 2 heterocycles. The van der Waals surface area contributed by atoms with Crippen LogP contribution in [0.5, 0.6) is 0 Å². The average molecular weight is 395 g/mol. The van der Waals surface area contributed by atoms with Gasteiger partial charge in [0.15, 0.2) is 0 Å². The van der Waals surface area contributed by atoms with Gasteiger partial charge in [0, 0.05) is 12.0 Å². The van der Waals surface area contributed by atoms with Gasteiger partial charge < -0.3 is 20.7 Å². The summed E-state index contributed by atoms with van der Waals surface area (Å²) in [5.41, 5.74) is 1.81. The summed E-state index contributed by atoms with van der Waals surface area (Å²) >= 11 is 0. The van der Waals surface area contributed by atoms with Gasteiger partial charge in [0.25, 0.3) is 0 Å². The smallest absolute Gasteiger partial charge is 0.315 e. The highest BCUT2D eigenvalue weighted by Crippen LogP contribution is 2.33. The average Bonchev–Trinajstić information content (AvgIpc) is 3.26. The number of aliphatic hydroxyl groups excluding tert-OH is 1. The van der Waals surface area contributed by atoms with Gasteiger partial charge in [-0.15, -0.1) is 5.10 Å². The van der Waals surface area contributed by atoms with Crippen molar-refractivity contribution < 1.29 is 9.90 Å². The lowest BCUT2D eigenvalue weighted by atomic mass is 9.83. The number of hydrogen-bond donors (Lipinski definition) is 4. The number of aromatic amines is 1. The molecule has 0 saturated heterocycles. The van der Waals surface area contributed by atoms with E-state index in [0.29, 0.717) is 24.6 Å². The Morgan fingerprint density at radius 1 is 1.17 bits per heavy atom. The number of fused-ring (bicyclic) bond motifs is 1. The van der Waals surface area contributed by atoms with Crippen molar-refractivity contribution in [2.75, 3.05) is 0 Å². The van der Waals surface area contributed by atoms with Gasteiger partial charge in [-0.25, -0.2) is 14.8 Å². The summed E-state index contributed by atoms with van der Waals surface area (Å²) in [7, 11) is 0. The standard InChI is InChI=1S/C20H25N7O2/c1-11-21-18(27(26-11)19-23-14-4-2-3-5-15(14)24-19)12-6-9-17(28)16(10-12)25-20(29)22-13-7-8-13/h2-5,12-13,16-17,28H,6-10H2,1H3,(H,23,24)(H2,22,25,29)/t12-,16+,17+/m0/s1. The summed E-state index contributed by atoms with van der Waals surface area (Å²) < 4.78 is 1.76. The van der Waals surface area contributed by atoms with Gasteiger partial charge in [0.05, 0.1) is 23.2 Å². The number of nitrogens with one attached hydrogen (secondary N) is 3.